The minimum atomic E-state index is -2.40. The molecule has 13 heteroatoms. The van der Waals surface area contributed by atoms with E-state index in [0.29, 0.717) is 0 Å². The van der Waals surface area contributed by atoms with Gasteiger partial charge in [-0.2, -0.15) is 0 Å². The van der Waals surface area contributed by atoms with Crippen molar-refractivity contribution in [1.82, 2.24) is 10.6 Å². The summed E-state index contributed by atoms with van der Waals surface area (Å²) in [5.41, 5.74) is 1.53. The van der Waals surface area contributed by atoms with Crippen LogP contribution >= 0.6 is 8.25 Å². The lowest BCUT2D eigenvalue weighted by Crippen LogP contribution is -2.46. The smallest absolute Gasteiger partial charge is 0.459 e. The third-order valence-corrected chi connectivity index (χ3v) is 7.45. The van der Waals surface area contributed by atoms with Crippen LogP contribution in [0.2, 0.25) is 0 Å². The molecule has 3 aromatic rings. The summed E-state index contributed by atoms with van der Waals surface area (Å²) in [5, 5.41) is 5.15. The largest absolute Gasteiger partial charge is 0.697 e. The molecule has 2 amide bonds. The highest BCUT2D eigenvalue weighted by Gasteiger charge is 2.28. The van der Waals surface area contributed by atoms with Crippen molar-refractivity contribution in [2.45, 2.75) is 84.0 Å². The number of rotatable bonds is 19. The van der Waals surface area contributed by atoms with E-state index >= 15 is 0 Å². The van der Waals surface area contributed by atoms with Crippen LogP contribution in [0.1, 0.15) is 63.1 Å². The van der Waals surface area contributed by atoms with Gasteiger partial charge in [0.15, 0.2) is 0 Å². The Hall–Kier alpha value is -4.64. The molecular weight excluding hydrogens is 651 g/mol. The Kier molecular flexibility index (Phi) is 16.4. The van der Waals surface area contributed by atoms with Gasteiger partial charge in [0.1, 0.15) is 44.1 Å². The number of esters is 2. The van der Waals surface area contributed by atoms with Gasteiger partial charge in [-0.1, -0.05) is 91.0 Å². The zero-order valence-corrected chi connectivity index (χ0v) is 28.9. The van der Waals surface area contributed by atoms with Gasteiger partial charge in [0.2, 0.25) is 5.91 Å². The summed E-state index contributed by atoms with van der Waals surface area (Å²) in [4.78, 5) is 51.7. The van der Waals surface area contributed by atoms with Crippen LogP contribution in [-0.2, 0) is 62.0 Å². The molecule has 0 aromatic heterocycles. The van der Waals surface area contributed by atoms with Gasteiger partial charge in [-0.25, -0.2) is 14.4 Å². The molecule has 262 valence electrons. The second-order valence-electron chi connectivity index (χ2n) is 12.0. The summed E-state index contributed by atoms with van der Waals surface area (Å²) in [6, 6.07) is 25.0. The average molecular weight is 696 g/mol. The number of amides is 2. The minimum Gasteiger partial charge on any atom is -0.459 e. The number of ether oxygens (including phenoxy) is 3. The van der Waals surface area contributed by atoms with Crippen LogP contribution in [0.4, 0.5) is 4.79 Å². The van der Waals surface area contributed by atoms with Crippen LogP contribution in [0.15, 0.2) is 91.0 Å². The second kappa shape index (κ2) is 20.7. The van der Waals surface area contributed by atoms with Gasteiger partial charge in [0.25, 0.3) is 0 Å². The molecule has 49 heavy (non-hydrogen) atoms. The van der Waals surface area contributed by atoms with Crippen molar-refractivity contribution in [3.05, 3.63) is 108 Å². The maximum absolute atomic E-state index is 13.1. The third kappa shape index (κ3) is 16.3. The van der Waals surface area contributed by atoms with E-state index < -0.39 is 49.9 Å². The van der Waals surface area contributed by atoms with E-state index in [1.165, 1.54) is 0 Å². The Bertz CT molecular complexity index is 1480. The quantitative estimate of drug-likeness (QED) is 0.0632. The lowest BCUT2D eigenvalue weighted by Gasteiger charge is -2.23. The van der Waals surface area contributed by atoms with E-state index in [2.05, 4.69) is 10.6 Å². The highest BCUT2D eigenvalue weighted by atomic mass is 31.1. The van der Waals surface area contributed by atoms with E-state index in [0.717, 1.165) is 16.7 Å². The molecule has 3 atom stereocenters. The van der Waals surface area contributed by atoms with Gasteiger partial charge in [0, 0.05) is 11.0 Å². The van der Waals surface area contributed by atoms with Crippen molar-refractivity contribution >= 4 is 32.2 Å². The van der Waals surface area contributed by atoms with Crippen molar-refractivity contribution in [3.63, 3.8) is 0 Å². The number of hydrogen-bond acceptors (Lipinski definition) is 10. The molecule has 0 heterocycles. The number of hydrogen-bond donors (Lipinski definition) is 2. The Morgan fingerprint density at radius 3 is 1.61 bits per heavy atom. The Labute approximate surface area is 287 Å². The van der Waals surface area contributed by atoms with Crippen molar-refractivity contribution in [1.29, 1.82) is 0 Å². The number of benzene rings is 3. The van der Waals surface area contributed by atoms with E-state index in [1.54, 1.807) is 57.2 Å². The zero-order chi connectivity index (χ0) is 35.5. The lowest BCUT2D eigenvalue weighted by atomic mass is 10.1. The molecule has 0 fully saturated rings. The maximum atomic E-state index is 13.1. The minimum absolute atomic E-state index is 0.00251. The number of carbonyl (C=O) groups excluding carboxylic acids is 4. The highest BCUT2D eigenvalue weighted by molar-refractivity contribution is 7.33. The number of nitrogens with one attached hydrogen (secondary N) is 2. The van der Waals surface area contributed by atoms with Gasteiger partial charge in [-0.3, -0.25) is 4.79 Å². The molecule has 12 nitrogen and oxygen atoms in total. The number of carbonyl (C=O) groups is 4. The van der Waals surface area contributed by atoms with Crippen molar-refractivity contribution in [2.24, 2.45) is 0 Å². The van der Waals surface area contributed by atoms with Gasteiger partial charge in [-0.05, 0) is 56.7 Å². The van der Waals surface area contributed by atoms with Gasteiger partial charge < -0.3 is 24.8 Å². The van der Waals surface area contributed by atoms with Crippen LogP contribution in [0.5, 0.6) is 0 Å². The topological polar surface area (TPSA) is 156 Å². The molecule has 0 aliphatic heterocycles. The van der Waals surface area contributed by atoms with Crippen LogP contribution in [0, 0.1) is 0 Å². The zero-order valence-electron chi connectivity index (χ0n) is 28.0. The molecule has 3 aromatic carbocycles. The molecule has 2 N–H and O–H groups in total. The maximum Gasteiger partial charge on any atom is 0.697 e. The van der Waals surface area contributed by atoms with E-state index in [4.69, 9.17) is 23.3 Å². The fourth-order valence-corrected chi connectivity index (χ4v) is 4.92. The van der Waals surface area contributed by atoms with E-state index in [-0.39, 0.29) is 52.1 Å². The Morgan fingerprint density at radius 1 is 0.653 bits per heavy atom. The lowest BCUT2D eigenvalue weighted by molar-refractivity contribution is -0.150. The molecule has 0 saturated carbocycles. The second-order valence-corrected chi connectivity index (χ2v) is 13.0. The van der Waals surface area contributed by atoms with Gasteiger partial charge >= 0.3 is 26.3 Å². The van der Waals surface area contributed by atoms with Crippen LogP contribution < -0.4 is 10.6 Å². The SMILES string of the molecule is CC(C)(C)OC(=O)NC(CCC(=O)N[C@H](CCCO[P+](=O)OCc1ccccc1)C(=O)OCc1ccccc1)C(=O)OCc1ccccc1. The molecule has 3 rings (SSSR count). The molecule has 0 aliphatic carbocycles. The van der Waals surface area contributed by atoms with Gasteiger partial charge in [0.05, 0.1) is 0 Å². The summed E-state index contributed by atoms with van der Waals surface area (Å²) in [5.74, 6) is -1.98. The monoisotopic (exact) mass is 695 g/mol. The molecule has 0 saturated heterocycles. The van der Waals surface area contributed by atoms with Crippen molar-refractivity contribution in [2.75, 3.05) is 6.61 Å². The van der Waals surface area contributed by atoms with Gasteiger partial charge in [-0.15, -0.1) is 9.05 Å². The molecule has 0 aliphatic rings. The highest BCUT2D eigenvalue weighted by Crippen LogP contribution is 2.26. The van der Waals surface area contributed by atoms with Crippen LogP contribution in [0.25, 0.3) is 0 Å². The third-order valence-electron chi connectivity index (χ3n) is 6.72. The van der Waals surface area contributed by atoms with Crippen molar-refractivity contribution in [3.8, 4) is 0 Å². The molecule has 2 unspecified atom stereocenters. The number of alkyl carbamates (subject to hydrolysis) is 1. The summed E-state index contributed by atoms with van der Waals surface area (Å²) < 4.78 is 38.9. The average Bonchev–Trinajstić information content (AvgIpc) is 3.08. The predicted octanol–water partition coefficient (Wildman–Crippen LogP) is 6.30. The first-order valence-electron chi connectivity index (χ1n) is 16.0. The molecule has 0 radical (unpaired) electrons. The van der Waals surface area contributed by atoms with Crippen molar-refractivity contribution < 1.29 is 47.0 Å². The molecule has 0 bridgehead atoms. The first kappa shape index (κ1) is 38.8. The summed E-state index contributed by atoms with van der Waals surface area (Å²) in [6.07, 6.45) is -0.857. The first-order valence-corrected chi connectivity index (χ1v) is 17.0. The Balaban J connectivity index is 1.57. The Morgan fingerprint density at radius 2 is 1.12 bits per heavy atom. The first-order chi connectivity index (χ1) is 23.5. The fourth-order valence-electron chi connectivity index (χ4n) is 4.31. The van der Waals surface area contributed by atoms with Crippen LogP contribution in [0.3, 0.4) is 0 Å². The summed E-state index contributed by atoms with van der Waals surface area (Å²) in [7, 11) is -2.40. The molecular formula is C36H44N2O10P+. The van der Waals surface area contributed by atoms with E-state index in [9.17, 15) is 23.7 Å². The van der Waals surface area contributed by atoms with Crippen LogP contribution in [-0.4, -0.2) is 48.2 Å². The normalized spacial score (nSPS) is 12.6. The predicted molar refractivity (Wildman–Crippen MR) is 181 cm³/mol. The fraction of sp³-hybridized carbons (Fsp3) is 0.389. The summed E-state index contributed by atoms with van der Waals surface area (Å²) >= 11 is 0. The summed E-state index contributed by atoms with van der Waals surface area (Å²) in [6.45, 7) is 5.12. The standard InChI is InChI=1S/C36H43N2O10P/c1-36(2,3)48-35(42)38-31(34(41)45-25-28-16-9-5-10-17-28)21-22-32(39)37-30(33(40)44-24-27-14-7-4-8-15-27)20-13-23-46-49(43)47-26-29-18-11-6-12-19-29/h4-12,14-19,30-31H,13,20-26H2,1-3H3,(H-,37,38,39,42)/p+1/t30-,31?/m1/s1. The van der Waals surface area contributed by atoms with E-state index in [1.807, 2.05) is 54.6 Å². The molecule has 0 spiro atoms.